The Bertz CT molecular complexity index is 654. The van der Waals surface area contributed by atoms with Crippen LogP contribution in [0.3, 0.4) is 0 Å². The van der Waals surface area contributed by atoms with Gasteiger partial charge in [-0.05, 0) is 37.0 Å². The smallest absolute Gasteiger partial charge is 0.243 e. The summed E-state index contributed by atoms with van der Waals surface area (Å²) < 4.78 is 40.0. The molecule has 0 amide bonds. The van der Waals surface area contributed by atoms with E-state index in [1.54, 1.807) is 0 Å². The Hall–Kier alpha value is -0.690. The van der Waals surface area contributed by atoms with Gasteiger partial charge >= 0.3 is 0 Å². The van der Waals surface area contributed by atoms with Crippen molar-refractivity contribution >= 4 is 21.6 Å². The fraction of sp³-hybridized carbons (Fsp3) is 0.625. The first-order chi connectivity index (χ1) is 11.0. The van der Waals surface area contributed by atoms with Gasteiger partial charge < -0.3 is 4.90 Å². The molecule has 0 unspecified atom stereocenters. The van der Waals surface area contributed by atoms with Crippen LogP contribution in [0.1, 0.15) is 25.7 Å². The maximum atomic E-state index is 13.2. The third kappa shape index (κ3) is 3.87. The summed E-state index contributed by atoms with van der Waals surface area (Å²) in [6, 6.07) is 3.57. The number of nitrogens with zero attached hydrogens (tertiary/aromatic N) is 2. The number of hydrogen-bond acceptors (Lipinski definition) is 3. The molecule has 1 saturated carbocycles. The standard InChI is InChI=1S/C16H22ClFN2O2S/c17-15-11-14(5-6-16(15)18)23(21,22)20-9-7-19(8-10-20)12-13-3-1-2-4-13/h5-6,11,13H,1-4,7-10,12H2. The highest BCUT2D eigenvalue weighted by Gasteiger charge is 2.30. The molecule has 128 valence electrons. The minimum Gasteiger partial charge on any atom is -0.300 e. The molecular weight excluding hydrogens is 339 g/mol. The zero-order chi connectivity index (χ0) is 16.4. The Labute approximate surface area is 142 Å². The lowest BCUT2D eigenvalue weighted by Gasteiger charge is -2.35. The summed E-state index contributed by atoms with van der Waals surface area (Å²) in [5.74, 6) is 0.168. The highest BCUT2D eigenvalue weighted by atomic mass is 35.5. The fourth-order valence-electron chi connectivity index (χ4n) is 3.50. The SMILES string of the molecule is O=S(=O)(c1ccc(F)c(Cl)c1)N1CCN(CC2CCCC2)CC1. The van der Waals surface area contributed by atoms with E-state index >= 15 is 0 Å². The van der Waals surface area contributed by atoms with Crippen molar-refractivity contribution in [2.75, 3.05) is 32.7 Å². The zero-order valence-electron chi connectivity index (χ0n) is 13.0. The minimum absolute atomic E-state index is 0.0631. The van der Waals surface area contributed by atoms with Gasteiger partial charge in [0, 0.05) is 32.7 Å². The Morgan fingerprint density at radius 1 is 1.13 bits per heavy atom. The molecule has 23 heavy (non-hydrogen) atoms. The van der Waals surface area contributed by atoms with Crippen molar-refractivity contribution in [1.82, 2.24) is 9.21 Å². The summed E-state index contributed by atoms with van der Waals surface area (Å²) in [5.41, 5.74) is 0. The number of piperazine rings is 1. The molecule has 1 saturated heterocycles. The molecule has 4 nitrogen and oxygen atoms in total. The van der Waals surface area contributed by atoms with E-state index in [0.29, 0.717) is 13.1 Å². The van der Waals surface area contributed by atoms with Gasteiger partial charge in [0.15, 0.2) is 0 Å². The first kappa shape index (κ1) is 17.1. The summed E-state index contributed by atoms with van der Waals surface area (Å²) in [7, 11) is -3.60. The molecule has 0 spiro atoms. The molecule has 0 atom stereocenters. The van der Waals surface area contributed by atoms with E-state index < -0.39 is 15.8 Å². The second kappa shape index (κ2) is 7.05. The number of sulfonamides is 1. The van der Waals surface area contributed by atoms with Crippen LogP contribution in [0.5, 0.6) is 0 Å². The van der Waals surface area contributed by atoms with Gasteiger partial charge in [-0.25, -0.2) is 12.8 Å². The Morgan fingerprint density at radius 3 is 2.39 bits per heavy atom. The van der Waals surface area contributed by atoms with Gasteiger partial charge in [0.25, 0.3) is 0 Å². The zero-order valence-corrected chi connectivity index (χ0v) is 14.6. The van der Waals surface area contributed by atoms with Crippen LogP contribution in [0, 0.1) is 11.7 Å². The first-order valence-corrected chi connectivity index (χ1v) is 9.96. The van der Waals surface area contributed by atoms with Crippen molar-refractivity contribution < 1.29 is 12.8 Å². The molecule has 0 aromatic heterocycles. The van der Waals surface area contributed by atoms with Crippen LogP contribution in [-0.2, 0) is 10.0 Å². The van der Waals surface area contributed by atoms with E-state index in [1.165, 1.54) is 42.1 Å². The third-order valence-electron chi connectivity index (χ3n) is 4.85. The van der Waals surface area contributed by atoms with Gasteiger partial charge in [-0.3, -0.25) is 0 Å². The van der Waals surface area contributed by atoms with Crippen LogP contribution in [0.15, 0.2) is 23.1 Å². The fourth-order valence-corrected chi connectivity index (χ4v) is 5.19. The molecular formula is C16H22ClFN2O2S. The van der Waals surface area contributed by atoms with Crippen LogP contribution in [0.25, 0.3) is 0 Å². The molecule has 1 heterocycles. The molecule has 2 aliphatic rings. The highest BCUT2D eigenvalue weighted by molar-refractivity contribution is 7.89. The van der Waals surface area contributed by atoms with Gasteiger partial charge in [0.1, 0.15) is 5.82 Å². The van der Waals surface area contributed by atoms with Crippen molar-refractivity contribution in [2.45, 2.75) is 30.6 Å². The maximum absolute atomic E-state index is 13.2. The summed E-state index contributed by atoms with van der Waals surface area (Å²) in [6.07, 6.45) is 5.24. The lowest BCUT2D eigenvalue weighted by molar-refractivity contribution is 0.165. The van der Waals surface area contributed by atoms with Crippen LogP contribution in [0.4, 0.5) is 4.39 Å². The number of hydrogen-bond donors (Lipinski definition) is 0. The quantitative estimate of drug-likeness (QED) is 0.828. The van der Waals surface area contributed by atoms with Crippen molar-refractivity contribution in [3.8, 4) is 0 Å². The average Bonchev–Trinajstić information content (AvgIpc) is 3.03. The van der Waals surface area contributed by atoms with Gasteiger partial charge in [-0.2, -0.15) is 4.31 Å². The van der Waals surface area contributed by atoms with E-state index in [0.717, 1.165) is 31.6 Å². The summed E-state index contributed by atoms with van der Waals surface area (Å²) in [6.45, 7) is 3.54. The lowest BCUT2D eigenvalue weighted by atomic mass is 10.1. The normalized spacial score (nSPS) is 21.8. The van der Waals surface area contributed by atoms with Crippen molar-refractivity contribution in [3.05, 3.63) is 29.0 Å². The Kier molecular flexibility index (Phi) is 5.26. The van der Waals surface area contributed by atoms with Gasteiger partial charge in [0.2, 0.25) is 10.0 Å². The average molecular weight is 361 g/mol. The molecule has 1 aliphatic carbocycles. The predicted octanol–water partition coefficient (Wildman–Crippen LogP) is 2.98. The van der Waals surface area contributed by atoms with Crippen molar-refractivity contribution in [2.24, 2.45) is 5.92 Å². The van der Waals surface area contributed by atoms with Gasteiger partial charge in [-0.1, -0.05) is 24.4 Å². The number of rotatable bonds is 4. The molecule has 0 bridgehead atoms. The van der Waals surface area contributed by atoms with E-state index in [4.69, 9.17) is 11.6 Å². The Morgan fingerprint density at radius 2 is 1.78 bits per heavy atom. The van der Waals surface area contributed by atoms with E-state index in [2.05, 4.69) is 4.90 Å². The summed E-state index contributed by atoms with van der Waals surface area (Å²) >= 11 is 5.71. The summed E-state index contributed by atoms with van der Waals surface area (Å²) in [5, 5.41) is -0.161. The first-order valence-electron chi connectivity index (χ1n) is 8.14. The van der Waals surface area contributed by atoms with Gasteiger partial charge in [-0.15, -0.1) is 0 Å². The molecule has 0 N–H and O–H groups in total. The van der Waals surface area contributed by atoms with Crippen molar-refractivity contribution in [1.29, 1.82) is 0 Å². The molecule has 7 heteroatoms. The molecule has 3 rings (SSSR count). The third-order valence-corrected chi connectivity index (χ3v) is 7.04. The number of halogens is 2. The van der Waals surface area contributed by atoms with Crippen LogP contribution in [0.2, 0.25) is 5.02 Å². The topological polar surface area (TPSA) is 40.6 Å². The minimum atomic E-state index is -3.60. The molecule has 1 aromatic carbocycles. The molecule has 2 fully saturated rings. The van der Waals surface area contributed by atoms with E-state index in [1.807, 2.05) is 0 Å². The van der Waals surface area contributed by atoms with Gasteiger partial charge in [0.05, 0.1) is 9.92 Å². The van der Waals surface area contributed by atoms with Crippen molar-refractivity contribution in [3.63, 3.8) is 0 Å². The molecule has 1 aliphatic heterocycles. The Balaban J connectivity index is 1.62. The second-order valence-electron chi connectivity index (χ2n) is 6.43. The van der Waals surface area contributed by atoms with Crippen LogP contribution >= 0.6 is 11.6 Å². The van der Waals surface area contributed by atoms with Crippen LogP contribution in [-0.4, -0.2) is 50.3 Å². The van der Waals surface area contributed by atoms with Crippen LogP contribution < -0.4 is 0 Å². The number of benzene rings is 1. The second-order valence-corrected chi connectivity index (χ2v) is 8.78. The maximum Gasteiger partial charge on any atom is 0.243 e. The monoisotopic (exact) mass is 360 g/mol. The van der Waals surface area contributed by atoms with E-state index in [-0.39, 0.29) is 9.92 Å². The summed E-state index contributed by atoms with van der Waals surface area (Å²) in [4.78, 5) is 2.42. The molecule has 0 radical (unpaired) electrons. The largest absolute Gasteiger partial charge is 0.300 e. The predicted molar refractivity (Wildman–Crippen MR) is 88.6 cm³/mol. The van der Waals surface area contributed by atoms with E-state index in [9.17, 15) is 12.8 Å². The molecule has 1 aromatic rings. The highest BCUT2D eigenvalue weighted by Crippen LogP contribution is 2.27. The lowest BCUT2D eigenvalue weighted by Crippen LogP contribution is -2.49.